The molecule has 0 aliphatic carbocycles. The smallest absolute Gasteiger partial charge is 0.318 e. The first-order chi connectivity index (χ1) is 8.93. The van der Waals surface area contributed by atoms with Gasteiger partial charge in [0.15, 0.2) is 5.78 Å². The highest BCUT2D eigenvalue weighted by Crippen LogP contribution is 2.34. The molecule has 1 aromatic carbocycles. The summed E-state index contributed by atoms with van der Waals surface area (Å²) in [6.45, 7) is 0.887. The predicted molar refractivity (Wildman–Crippen MR) is 56.1 cm³/mol. The fraction of sp³-hybridized carbons (Fsp3) is 0.273. The summed E-state index contributed by atoms with van der Waals surface area (Å²) in [5, 5.41) is 1.29. The number of anilines is 1. The molecule has 1 N–H and O–H groups in total. The summed E-state index contributed by atoms with van der Waals surface area (Å²) >= 11 is 0. The molecule has 3 nitrogen and oxygen atoms in total. The Hall–Kier alpha value is -2.06. The van der Waals surface area contributed by atoms with Crippen LogP contribution in [0.2, 0.25) is 0 Å². The lowest BCUT2D eigenvalue weighted by Crippen LogP contribution is -2.30. The molecular weight excluding hydrogens is 292 g/mol. The molecule has 0 fully saturated rings. The fourth-order valence-corrected chi connectivity index (χ4v) is 1.37. The summed E-state index contributed by atoms with van der Waals surface area (Å²) in [6.07, 6.45) is -10.2. The number of nitrogens with one attached hydrogen (secondary N) is 1. The van der Waals surface area contributed by atoms with Crippen molar-refractivity contribution in [3.8, 4) is 0 Å². The summed E-state index contributed by atoms with van der Waals surface area (Å²) in [7, 11) is 0. The zero-order valence-electron chi connectivity index (χ0n) is 9.82. The topological polar surface area (TPSA) is 46.2 Å². The van der Waals surface area contributed by atoms with Crippen molar-refractivity contribution in [2.75, 3.05) is 5.32 Å². The van der Waals surface area contributed by atoms with Gasteiger partial charge in [0, 0.05) is 11.3 Å². The largest absolute Gasteiger partial charge is 0.471 e. The summed E-state index contributed by atoms with van der Waals surface area (Å²) in [5.41, 5.74) is -2.81. The number of hydrogen-bond acceptors (Lipinski definition) is 2. The van der Waals surface area contributed by atoms with Crippen molar-refractivity contribution in [2.45, 2.75) is 19.3 Å². The van der Waals surface area contributed by atoms with Crippen molar-refractivity contribution >= 4 is 17.4 Å². The third kappa shape index (κ3) is 3.72. The average molecular weight is 299 g/mol. The first-order valence-electron chi connectivity index (χ1n) is 5.03. The van der Waals surface area contributed by atoms with Gasteiger partial charge >= 0.3 is 18.3 Å². The van der Waals surface area contributed by atoms with Crippen molar-refractivity contribution < 1.29 is 35.9 Å². The van der Waals surface area contributed by atoms with Gasteiger partial charge in [0.05, 0.1) is 5.56 Å². The van der Waals surface area contributed by atoms with Gasteiger partial charge in [0.2, 0.25) is 0 Å². The molecule has 1 amide bonds. The van der Waals surface area contributed by atoms with E-state index >= 15 is 0 Å². The summed E-state index contributed by atoms with van der Waals surface area (Å²) in [5.74, 6) is -3.30. The number of ketones is 1. The van der Waals surface area contributed by atoms with Crippen LogP contribution in [0.3, 0.4) is 0 Å². The van der Waals surface area contributed by atoms with E-state index in [1.807, 2.05) is 0 Å². The zero-order chi connectivity index (χ0) is 15.7. The minimum absolute atomic E-state index is 0.278. The van der Waals surface area contributed by atoms with Gasteiger partial charge in [0.25, 0.3) is 0 Å². The zero-order valence-corrected chi connectivity index (χ0v) is 9.82. The van der Waals surface area contributed by atoms with E-state index in [0.717, 1.165) is 13.0 Å². The maximum absolute atomic E-state index is 12.7. The van der Waals surface area contributed by atoms with Crippen molar-refractivity contribution in [1.82, 2.24) is 0 Å². The molecule has 1 aromatic rings. The van der Waals surface area contributed by atoms with Crippen LogP contribution in [0.15, 0.2) is 18.2 Å². The molecule has 0 radical (unpaired) electrons. The molecule has 0 aromatic heterocycles. The van der Waals surface area contributed by atoms with Crippen molar-refractivity contribution in [1.29, 1.82) is 0 Å². The number of Topliss-reactive ketones (excluding diaryl/α,β-unsaturated/α-hetero) is 1. The number of carbonyl (C=O) groups excluding carboxylic acids is 2. The predicted octanol–water partition coefficient (Wildman–Crippen LogP) is 3.41. The van der Waals surface area contributed by atoms with Crippen LogP contribution < -0.4 is 5.32 Å². The minimum atomic E-state index is -5.22. The van der Waals surface area contributed by atoms with Gasteiger partial charge in [-0.05, 0) is 25.1 Å². The molecule has 0 aliphatic rings. The van der Waals surface area contributed by atoms with E-state index in [4.69, 9.17) is 0 Å². The second-order valence-corrected chi connectivity index (χ2v) is 3.77. The summed E-state index contributed by atoms with van der Waals surface area (Å²) in [4.78, 5) is 21.7. The second kappa shape index (κ2) is 5.14. The number of rotatable bonds is 2. The van der Waals surface area contributed by atoms with Crippen LogP contribution in [0, 0.1) is 0 Å². The van der Waals surface area contributed by atoms with Gasteiger partial charge in [-0.15, -0.1) is 0 Å². The van der Waals surface area contributed by atoms with Crippen LogP contribution >= 0.6 is 0 Å². The van der Waals surface area contributed by atoms with E-state index in [1.54, 1.807) is 0 Å². The van der Waals surface area contributed by atoms with Gasteiger partial charge < -0.3 is 5.32 Å². The molecule has 110 valence electrons. The highest BCUT2D eigenvalue weighted by Gasteiger charge is 2.39. The highest BCUT2D eigenvalue weighted by atomic mass is 19.4. The molecule has 0 bridgehead atoms. The monoisotopic (exact) mass is 299 g/mol. The normalized spacial score (nSPS) is 12.2. The van der Waals surface area contributed by atoms with E-state index in [0.29, 0.717) is 6.07 Å². The van der Waals surface area contributed by atoms with Crippen molar-refractivity contribution in [2.24, 2.45) is 0 Å². The Morgan fingerprint density at radius 1 is 1.05 bits per heavy atom. The number of alkyl halides is 6. The average Bonchev–Trinajstić information content (AvgIpc) is 2.26. The molecule has 0 saturated carbocycles. The Bertz CT molecular complexity index is 547. The fourth-order valence-electron chi connectivity index (χ4n) is 1.37. The van der Waals surface area contributed by atoms with Gasteiger partial charge in [-0.1, -0.05) is 0 Å². The summed E-state index contributed by atoms with van der Waals surface area (Å²) < 4.78 is 74.0. The highest BCUT2D eigenvalue weighted by molar-refractivity contribution is 5.98. The third-order valence-corrected chi connectivity index (χ3v) is 2.22. The van der Waals surface area contributed by atoms with Gasteiger partial charge in [-0.2, -0.15) is 26.3 Å². The van der Waals surface area contributed by atoms with Gasteiger partial charge in [0.1, 0.15) is 0 Å². The van der Waals surface area contributed by atoms with Gasteiger partial charge in [-0.25, -0.2) is 0 Å². The minimum Gasteiger partial charge on any atom is -0.318 e. The Labute approximate surface area is 108 Å². The quantitative estimate of drug-likeness (QED) is 0.672. The molecule has 0 spiro atoms. The number of benzene rings is 1. The molecule has 0 aliphatic heterocycles. The van der Waals surface area contributed by atoms with Crippen LogP contribution in [0.1, 0.15) is 22.8 Å². The lowest BCUT2D eigenvalue weighted by Gasteiger charge is -2.14. The first kappa shape index (κ1) is 16.0. The molecule has 0 unspecified atom stereocenters. The first-order valence-corrected chi connectivity index (χ1v) is 5.03. The van der Waals surface area contributed by atoms with Crippen LogP contribution in [-0.4, -0.2) is 17.9 Å². The molecule has 1 rings (SSSR count). The number of amides is 1. The SMILES string of the molecule is CC(=O)c1ccc(NC(=O)C(F)(F)F)cc1C(F)(F)F. The van der Waals surface area contributed by atoms with E-state index in [9.17, 15) is 35.9 Å². The standard InChI is InChI=1S/C11H7F6NO2/c1-5(19)7-3-2-6(4-8(7)10(12,13)14)18-9(20)11(15,16)17/h2-4H,1H3,(H,18,20). The van der Waals surface area contributed by atoms with Crippen LogP contribution in [0.25, 0.3) is 0 Å². The second-order valence-electron chi connectivity index (χ2n) is 3.77. The lowest BCUT2D eigenvalue weighted by atomic mass is 10.0. The van der Waals surface area contributed by atoms with Gasteiger partial charge in [-0.3, -0.25) is 9.59 Å². The van der Waals surface area contributed by atoms with Crippen molar-refractivity contribution in [3.63, 3.8) is 0 Å². The molecule has 9 heteroatoms. The molecule has 0 atom stereocenters. The third-order valence-electron chi connectivity index (χ3n) is 2.22. The van der Waals surface area contributed by atoms with Crippen LogP contribution in [0.4, 0.5) is 32.0 Å². The number of carbonyl (C=O) groups is 2. The number of hydrogen-bond donors (Lipinski definition) is 1. The Kier molecular flexibility index (Phi) is 4.11. The van der Waals surface area contributed by atoms with Crippen LogP contribution in [0.5, 0.6) is 0 Å². The molecule has 20 heavy (non-hydrogen) atoms. The lowest BCUT2D eigenvalue weighted by molar-refractivity contribution is -0.167. The molecule has 0 saturated heterocycles. The number of halogens is 6. The maximum atomic E-state index is 12.7. The van der Waals surface area contributed by atoms with Crippen molar-refractivity contribution in [3.05, 3.63) is 29.3 Å². The van der Waals surface area contributed by atoms with E-state index in [2.05, 4.69) is 0 Å². The van der Waals surface area contributed by atoms with E-state index in [1.165, 1.54) is 5.32 Å². The summed E-state index contributed by atoms with van der Waals surface area (Å²) in [6, 6.07) is 1.77. The molecule has 0 heterocycles. The van der Waals surface area contributed by atoms with E-state index < -0.39 is 40.9 Å². The van der Waals surface area contributed by atoms with E-state index in [-0.39, 0.29) is 6.07 Å². The Morgan fingerprint density at radius 3 is 2.00 bits per heavy atom. The Morgan fingerprint density at radius 2 is 1.60 bits per heavy atom. The maximum Gasteiger partial charge on any atom is 0.471 e. The Balaban J connectivity index is 3.21. The molecular formula is C11H7F6NO2. The van der Waals surface area contributed by atoms with Crippen LogP contribution in [-0.2, 0) is 11.0 Å².